The lowest BCUT2D eigenvalue weighted by Crippen LogP contribution is -2.50. The van der Waals surface area contributed by atoms with Gasteiger partial charge in [0, 0.05) is 17.9 Å². The minimum atomic E-state index is -4.84. The predicted molar refractivity (Wildman–Crippen MR) is 135 cm³/mol. The highest BCUT2D eigenvalue weighted by Crippen LogP contribution is 2.23. The largest absolute Gasteiger partial charge is 0.573 e. The highest BCUT2D eigenvalue weighted by Gasteiger charge is 2.32. The first-order valence-electron chi connectivity index (χ1n) is 11.8. The molecule has 3 rings (SSSR count). The normalized spacial score (nSPS) is 12.8. The Hall–Kier alpha value is -3.83. The first-order valence-corrected chi connectivity index (χ1v) is 11.8. The van der Waals surface area contributed by atoms with Crippen LogP contribution in [0.2, 0.25) is 0 Å². The Bertz CT molecular complexity index is 1190. The molecule has 0 aliphatic rings. The number of nitrogens with one attached hydrogen (secondary N) is 1. The summed E-state index contributed by atoms with van der Waals surface area (Å²) in [6.45, 7) is 0. The van der Waals surface area contributed by atoms with Gasteiger partial charge in [0.2, 0.25) is 5.91 Å². The zero-order chi connectivity index (χ0) is 27.7. The molecular formula is C27H27BF3NO6. The van der Waals surface area contributed by atoms with Crippen LogP contribution >= 0.6 is 0 Å². The highest BCUT2D eigenvalue weighted by molar-refractivity contribution is 6.43. The van der Waals surface area contributed by atoms with Gasteiger partial charge in [0.05, 0.1) is 13.1 Å². The summed E-state index contributed by atoms with van der Waals surface area (Å²) in [6.07, 6.45) is -4.83. The summed E-state index contributed by atoms with van der Waals surface area (Å²) in [5, 5.41) is 22.4. The smallest absolute Gasteiger partial charge is 0.497 e. The molecule has 0 fully saturated rings. The maximum Gasteiger partial charge on any atom is 0.573 e. The van der Waals surface area contributed by atoms with E-state index >= 15 is 0 Å². The quantitative estimate of drug-likeness (QED) is 0.244. The van der Waals surface area contributed by atoms with Crippen molar-refractivity contribution in [2.24, 2.45) is 5.92 Å². The van der Waals surface area contributed by atoms with E-state index in [1.54, 1.807) is 24.3 Å². The molecule has 0 radical (unpaired) electrons. The van der Waals surface area contributed by atoms with Crippen molar-refractivity contribution < 1.29 is 42.3 Å². The Morgan fingerprint density at radius 3 is 2.00 bits per heavy atom. The van der Waals surface area contributed by atoms with Crippen LogP contribution in [0, 0.1) is 5.92 Å². The molecule has 11 heteroatoms. The second-order valence-corrected chi connectivity index (χ2v) is 8.67. The van der Waals surface area contributed by atoms with Crippen LogP contribution in [0.1, 0.15) is 27.9 Å². The Morgan fingerprint density at radius 1 is 0.868 bits per heavy atom. The number of carbonyl (C=O) groups excluding carboxylic acids is 2. The lowest BCUT2D eigenvalue weighted by atomic mass is 9.75. The molecule has 0 aliphatic carbocycles. The molecular weight excluding hydrogens is 502 g/mol. The third-order valence-corrected chi connectivity index (χ3v) is 5.84. The number of hydrogen-bond acceptors (Lipinski definition) is 6. The number of amides is 1. The van der Waals surface area contributed by atoms with Gasteiger partial charge < -0.3 is 24.8 Å². The number of rotatable bonds is 12. The second kappa shape index (κ2) is 13.1. The lowest BCUT2D eigenvalue weighted by Gasteiger charge is -2.22. The molecule has 0 spiro atoms. The van der Waals surface area contributed by atoms with Crippen LogP contribution in [0.25, 0.3) is 0 Å². The Morgan fingerprint density at radius 2 is 1.45 bits per heavy atom. The number of benzene rings is 3. The van der Waals surface area contributed by atoms with Crippen molar-refractivity contribution in [3.8, 4) is 11.5 Å². The monoisotopic (exact) mass is 529 g/mol. The molecule has 0 aromatic heterocycles. The number of carbonyl (C=O) groups is 2. The first-order chi connectivity index (χ1) is 18.0. The van der Waals surface area contributed by atoms with E-state index in [9.17, 15) is 32.8 Å². The maximum absolute atomic E-state index is 13.3. The van der Waals surface area contributed by atoms with Gasteiger partial charge in [-0.05, 0) is 60.4 Å². The zero-order valence-electron chi connectivity index (χ0n) is 20.5. The summed E-state index contributed by atoms with van der Waals surface area (Å²) in [7, 11) is -0.451. The average molecular weight is 529 g/mol. The molecule has 3 N–H and O–H groups in total. The van der Waals surface area contributed by atoms with Crippen molar-refractivity contribution in [3.63, 3.8) is 0 Å². The Balaban J connectivity index is 1.74. The molecule has 0 saturated carbocycles. The van der Waals surface area contributed by atoms with Crippen LogP contribution in [0.4, 0.5) is 13.2 Å². The molecule has 3 aromatic rings. The number of halogens is 3. The van der Waals surface area contributed by atoms with E-state index in [-0.39, 0.29) is 25.0 Å². The van der Waals surface area contributed by atoms with Gasteiger partial charge in [-0.15, -0.1) is 13.2 Å². The van der Waals surface area contributed by atoms with E-state index < -0.39 is 37.0 Å². The molecule has 0 heterocycles. The fraction of sp³-hybridized carbons (Fsp3) is 0.259. The summed E-state index contributed by atoms with van der Waals surface area (Å²) in [6, 6.07) is 20.4. The number of hydrogen-bond donors (Lipinski definition) is 3. The summed E-state index contributed by atoms with van der Waals surface area (Å²) in [5.74, 6) is -2.68. The number of ether oxygens (including phenoxy) is 2. The van der Waals surface area contributed by atoms with Crippen LogP contribution in [-0.2, 0) is 17.6 Å². The van der Waals surface area contributed by atoms with E-state index in [1.165, 1.54) is 19.2 Å². The summed E-state index contributed by atoms with van der Waals surface area (Å²) in [5.41, 5.74) is 1.65. The van der Waals surface area contributed by atoms with Gasteiger partial charge in [-0.3, -0.25) is 9.59 Å². The van der Waals surface area contributed by atoms with Crippen LogP contribution in [0.3, 0.4) is 0 Å². The van der Waals surface area contributed by atoms with Crippen molar-refractivity contribution in [2.45, 2.75) is 31.6 Å². The molecule has 1 unspecified atom stereocenters. The number of methoxy groups -OCH3 is 1. The maximum atomic E-state index is 13.3. The average Bonchev–Trinajstić information content (AvgIpc) is 2.88. The van der Waals surface area contributed by atoms with Crippen LogP contribution < -0.4 is 14.8 Å². The van der Waals surface area contributed by atoms with E-state index in [1.807, 2.05) is 30.3 Å². The summed E-state index contributed by atoms with van der Waals surface area (Å²) in [4.78, 5) is 26.3. The highest BCUT2D eigenvalue weighted by atomic mass is 19.4. The Labute approximate surface area is 218 Å². The van der Waals surface area contributed by atoms with Gasteiger partial charge in [0.1, 0.15) is 11.5 Å². The number of Topliss-reactive ketones (excluding diaryl/α,β-unsaturated/α-hetero) is 1. The number of alkyl halides is 3. The molecule has 38 heavy (non-hydrogen) atoms. The predicted octanol–water partition coefficient (Wildman–Crippen LogP) is 3.77. The Kier molecular flexibility index (Phi) is 9.92. The summed E-state index contributed by atoms with van der Waals surface area (Å²) < 4.78 is 46.2. The van der Waals surface area contributed by atoms with Gasteiger partial charge in [0.25, 0.3) is 0 Å². The number of ketones is 1. The van der Waals surface area contributed by atoms with Gasteiger partial charge in [-0.2, -0.15) is 0 Å². The molecule has 0 bridgehead atoms. The van der Waals surface area contributed by atoms with Gasteiger partial charge in [-0.1, -0.05) is 42.5 Å². The van der Waals surface area contributed by atoms with E-state index in [2.05, 4.69) is 10.1 Å². The second-order valence-electron chi connectivity index (χ2n) is 8.67. The first kappa shape index (κ1) is 28.7. The van der Waals surface area contributed by atoms with Crippen molar-refractivity contribution in [3.05, 3.63) is 95.6 Å². The molecule has 3 aromatic carbocycles. The third kappa shape index (κ3) is 8.93. The van der Waals surface area contributed by atoms with E-state index in [0.717, 1.165) is 17.7 Å². The third-order valence-electron chi connectivity index (χ3n) is 5.84. The van der Waals surface area contributed by atoms with E-state index in [0.29, 0.717) is 16.9 Å². The standard InChI is InChI=1S/C27H27BF3NO6/c1-37-22-13-9-20(10-14-22)24(33)17-21(15-18-5-3-2-4-6-18)26(34)32-25(28(35)36)16-19-7-11-23(12-8-19)38-27(29,30)31/h2-14,21,25,35-36H,15-17H2,1H3,(H,32,34)/t21?,25-/m0/s1. The molecule has 200 valence electrons. The summed E-state index contributed by atoms with van der Waals surface area (Å²) >= 11 is 0. The van der Waals surface area contributed by atoms with Crippen LogP contribution in [0.5, 0.6) is 11.5 Å². The minimum absolute atomic E-state index is 0.0831. The SMILES string of the molecule is COc1ccc(C(=O)CC(Cc2ccccc2)C(=O)N[C@@H](Cc2ccc(OC(F)(F)F)cc2)B(O)O)cc1. The topological polar surface area (TPSA) is 105 Å². The van der Waals surface area contributed by atoms with Crippen LogP contribution in [0.15, 0.2) is 78.9 Å². The van der Waals surface area contributed by atoms with Crippen LogP contribution in [-0.4, -0.2) is 48.3 Å². The molecule has 1 amide bonds. The molecule has 0 saturated heterocycles. The van der Waals surface area contributed by atoms with Crippen molar-refractivity contribution in [1.82, 2.24) is 5.32 Å². The lowest BCUT2D eigenvalue weighted by molar-refractivity contribution is -0.274. The van der Waals surface area contributed by atoms with Gasteiger partial charge >= 0.3 is 13.5 Å². The van der Waals surface area contributed by atoms with Crippen molar-refractivity contribution in [2.75, 3.05) is 7.11 Å². The van der Waals surface area contributed by atoms with E-state index in [4.69, 9.17) is 4.74 Å². The molecule has 0 aliphatic heterocycles. The molecule has 7 nitrogen and oxygen atoms in total. The van der Waals surface area contributed by atoms with Gasteiger partial charge in [0.15, 0.2) is 5.78 Å². The minimum Gasteiger partial charge on any atom is -0.497 e. The fourth-order valence-electron chi connectivity index (χ4n) is 3.89. The van der Waals surface area contributed by atoms with Crippen molar-refractivity contribution in [1.29, 1.82) is 0 Å². The zero-order valence-corrected chi connectivity index (χ0v) is 20.5. The van der Waals surface area contributed by atoms with Crippen molar-refractivity contribution >= 4 is 18.8 Å². The molecule has 2 atom stereocenters. The fourth-order valence-corrected chi connectivity index (χ4v) is 3.89. The van der Waals surface area contributed by atoms with Gasteiger partial charge in [-0.25, -0.2) is 0 Å².